The molecular formula is C11H16F3N5. The van der Waals surface area contributed by atoms with Gasteiger partial charge in [0.15, 0.2) is 0 Å². The van der Waals surface area contributed by atoms with Crippen molar-refractivity contribution >= 4 is 0 Å². The van der Waals surface area contributed by atoms with Gasteiger partial charge in [-0.15, -0.1) is 10.2 Å². The summed E-state index contributed by atoms with van der Waals surface area (Å²) in [4.78, 5) is 2.17. The van der Waals surface area contributed by atoms with Gasteiger partial charge in [-0.05, 0) is 19.3 Å². The van der Waals surface area contributed by atoms with E-state index in [-0.39, 0.29) is 12.1 Å². The molecule has 0 atom stereocenters. The summed E-state index contributed by atoms with van der Waals surface area (Å²) in [6.45, 7) is 1.80. The number of halogens is 3. The summed E-state index contributed by atoms with van der Waals surface area (Å²) < 4.78 is 39.4. The molecule has 0 spiro atoms. The van der Waals surface area contributed by atoms with Crippen LogP contribution in [0.4, 0.5) is 13.2 Å². The number of hydrogen-bond acceptors (Lipinski definition) is 4. The number of hydrogen-bond donors (Lipinski definition) is 1. The molecule has 0 unspecified atom stereocenters. The lowest BCUT2D eigenvalue weighted by Crippen LogP contribution is -2.60. The molecule has 1 fully saturated rings. The van der Waals surface area contributed by atoms with Crippen molar-refractivity contribution in [3.63, 3.8) is 0 Å². The Labute approximate surface area is 108 Å². The first-order valence-electron chi connectivity index (χ1n) is 6.41. The predicted octanol–water partition coefficient (Wildman–Crippen LogP) is 0.994. The van der Waals surface area contributed by atoms with E-state index in [1.807, 2.05) is 0 Å². The third kappa shape index (κ3) is 1.93. The van der Waals surface area contributed by atoms with Crippen molar-refractivity contribution in [1.29, 1.82) is 0 Å². The van der Waals surface area contributed by atoms with Crippen LogP contribution in [0.3, 0.4) is 0 Å². The van der Waals surface area contributed by atoms with Crippen molar-refractivity contribution in [3.8, 4) is 0 Å². The van der Waals surface area contributed by atoms with Crippen molar-refractivity contribution in [2.75, 3.05) is 13.1 Å². The third-order valence-electron chi connectivity index (χ3n) is 4.34. The normalized spacial score (nSPS) is 22.9. The Bertz CT molecular complexity index is 472. The van der Waals surface area contributed by atoms with Gasteiger partial charge in [0.2, 0.25) is 5.82 Å². The molecule has 5 nitrogen and oxygen atoms in total. The number of fused-ring (bicyclic) bond motifs is 1. The van der Waals surface area contributed by atoms with Crippen molar-refractivity contribution < 1.29 is 13.2 Å². The Hall–Kier alpha value is -1.15. The summed E-state index contributed by atoms with van der Waals surface area (Å²) in [5.41, 5.74) is 5.80. The van der Waals surface area contributed by atoms with Gasteiger partial charge >= 0.3 is 6.18 Å². The highest BCUT2D eigenvalue weighted by Crippen LogP contribution is 2.39. The molecule has 8 heteroatoms. The molecule has 3 rings (SSSR count). The minimum Gasteiger partial charge on any atom is -0.329 e. The number of alkyl halides is 3. The van der Waals surface area contributed by atoms with Crippen LogP contribution >= 0.6 is 0 Å². The van der Waals surface area contributed by atoms with Crippen LogP contribution in [-0.2, 0) is 19.3 Å². The standard InChI is InChI=1S/C11H16F3N5/c12-11(13,14)9-17-16-8-6-18(4-5-19(8)9)10(7-15)2-1-3-10/h1-7,15H2. The minimum absolute atomic E-state index is 0.0321. The van der Waals surface area contributed by atoms with E-state index in [0.29, 0.717) is 25.5 Å². The second-order valence-corrected chi connectivity index (χ2v) is 5.29. The predicted molar refractivity (Wildman–Crippen MR) is 61.1 cm³/mol. The topological polar surface area (TPSA) is 60.0 Å². The van der Waals surface area contributed by atoms with Crippen LogP contribution < -0.4 is 5.73 Å². The number of nitrogens with two attached hydrogens (primary N) is 1. The summed E-state index contributed by atoms with van der Waals surface area (Å²) in [5.74, 6) is -0.504. The molecule has 2 aliphatic rings. The highest BCUT2D eigenvalue weighted by Gasteiger charge is 2.45. The molecule has 1 saturated carbocycles. The quantitative estimate of drug-likeness (QED) is 0.874. The van der Waals surface area contributed by atoms with E-state index in [2.05, 4.69) is 15.1 Å². The Kier molecular flexibility index (Phi) is 2.82. The zero-order chi connectivity index (χ0) is 13.7. The monoisotopic (exact) mass is 275 g/mol. The third-order valence-corrected chi connectivity index (χ3v) is 4.34. The molecule has 106 valence electrons. The SMILES string of the molecule is NCC1(N2CCn3c(nnc3C(F)(F)F)C2)CCC1. The van der Waals surface area contributed by atoms with Crippen LogP contribution in [0.25, 0.3) is 0 Å². The molecule has 0 amide bonds. The molecule has 2 heterocycles. The second-order valence-electron chi connectivity index (χ2n) is 5.29. The molecule has 0 aromatic carbocycles. The van der Waals surface area contributed by atoms with Crippen molar-refractivity contribution in [3.05, 3.63) is 11.6 Å². The van der Waals surface area contributed by atoms with E-state index in [9.17, 15) is 13.2 Å². The van der Waals surface area contributed by atoms with E-state index in [1.54, 1.807) is 0 Å². The lowest BCUT2D eigenvalue weighted by molar-refractivity contribution is -0.148. The highest BCUT2D eigenvalue weighted by atomic mass is 19.4. The van der Waals surface area contributed by atoms with Gasteiger partial charge < -0.3 is 10.3 Å². The Balaban J connectivity index is 1.84. The number of nitrogens with zero attached hydrogens (tertiary/aromatic N) is 4. The van der Waals surface area contributed by atoms with Gasteiger partial charge in [-0.3, -0.25) is 4.90 Å². The molecule has 1 aliphatic carbocycles. The van der Waals surface area contributed by atoms with Gasteiger partial charge in [0.25, 0.3) is 0 Å². The van der Waals surface area contributed by atoms with Crippen LogP contribution in [0.15, 0.2) is 0 Å². The zero-order valence-electron chi connectivity index (χ0n) is 10.4. The minimum atomic E-state index is -4.44. The average molecular weight is 275 g/mol. The van der Waals surface area contributed by atoms with E-state index < -0.39 is 12.0 Å². The largest absolute Gasteiger partial charge is 0.451 e. The summed E-state index contributed by atoms with van der Waals surface area (Å²) in [6, 6.07) is 0. The second kappa shape index (κ2) is 4.17. The summed E-state index contributed by atoms with van der Waals surface area (Å²) in [7, 11) is 0. The maximum absolute atomic E-state index is 12.7. The molecule has 1 aromatic rings. The van der Waals surface area contributed by atoms with Crippen LogP contribution in [0.2, 0.25) is 0 Å². The Morgan fingerprint density at radius 3 is 2.47 bits per heavy atom. The van der Waals surface area contributed by atoms with E-state index in [1.165, 1.54) is 4.57 Å². The molecule has 19 heavy (non-hydrogen) atoms. The molecule has 0 bridgehead atoms. The molecule has 0 saturated heterocycles. The lowest BCUT2D eigenvalue weighted by Gasteiger charge is -2.51. The van der Waals surface area contributed by atoms with E-state index >= 15 is 0 Å². The first kappa shape index (κ1) is 12.9. The van der Waals surface area contributed by atoms with Crippen LogP contribution in [0.5, 0.6) is 0 Å². The smallest absolute Gasteiger partial charge is 0.329 e. The fourth-order valence-corrected chi connectivity index (χ4v) is 3.01. The van der Waals surface area contributed by atoms with E-state index in [4.69, 9.17) is 5.73 Å². The Morgan fingerprint density at radius 2 is 1.95 bits per heavy atom. The van der Waals surface area contributed by atoms with Gasteiger partial charge in [-0.1, -0.05) is 0 Å². The molecule has 1 aliphatic heterocycles. The summed E-state index contributed by atoms with van der Waals surface area (Å²) in [5, 5.41) is 6.98. The van der Waals surface area contributed by atoms with Gasteiger partial charge in [0.1, 0.15) is 5.82 Å². The van der Waals surface area contributed by atoms with E-state index in [0.717, 1.165) is 19.3 Å². The van der Waals surface area contributed by atoms with Crippen molar-refractivity contribution in [2.24, 2.45) is 5.73 Å². The van der Waals surface area contributed by atoms with Crippen molar-refractivity contribution in [2.45, 2.75) is 44.1 Å². The van der Waals surface area contributed by atoms with Gasteiger partial charge in [-0.25, -0.2) is 0 Å². The Morgan fingerprint density at radius 1 is 1.21 bits per heavy atom. The zero-order valence-corrected chi connectivity index (χ0v) is 10.4. The number of aromatic nitrogens is 3. The maximum Gasteiger partial charge on any atom is 0.451 e. The maximum atomic E-state index is 12.7. The van der Waals surface area contributed by atoms with Crippen LogP contribution in [-0.4, -0.2) is 38.3 Å². The van der Waals surface area contributed by atoms with Crippen molar-refractivity contribution in [1.82, 2.24) is 19.7 Å². The fourth-order valence-electron chi connectivity index (χ4n) is 3.01. The fraction of sp³-hybridized carbons (Fsp3) is 0.818. The first-order valence-corrected chi connectivity index (χ1v) is 6.41. The summed E-state index contributed by atoms with van der Waals surface area (Å²) in [6.07, 6.45) is -1.27. The first-order chi connectivity index (χ1) is 8.96. The van der Waals surface area contributed by atoms with Gasteiger partial charge in [-0.2, -0.15) is 13.2 Å². The molecule has 0 radical (unpaired) electrons. The lowest BCUT2D eigenvalue weighted by atomic mass is 9.75. The van der Waals surface area contributed by atoms with Gasteiger partial charge in [0.05, 0.1) is 6.54 Å². The van der Waals surface area contributed by atoms with Crippen LogP contribution in [0, 0.1) is 0 Å². The number of rotatable bonds is 2. The average Bonchev–Trinajstić information content (AvgIpc) is 2.71. The molecule has 1 aromatic heterocycles. The summed E-state index contributed by atoms with van der Waals surface area (Å²) >= 11 is 0. The molecular weight excluding hydrogens is 259 g/mol. The highest BCUT2D eigenvalue weighted by molar-refractivity contribution is 5.07. The van der Waals surface area contributed by atoms with Crippen LogP contribution in [0.1, 0.15) is 30.9 Å². The molecule has 2 N–H and O–H groups in total. The van der Waals surface area contributed by atoms with Gasteiger partial charge in [0, 0.05) is 25.2 Å².